The number of hydrogen-bond donors (Lipinski definition) is 1. The molecule has 1 saturated heterocycles. The van der Waals surface area contributed by atoms with Crippen LogP contribution in [-0.4, -0.2) is 34.8 Å². The van der Waals surface area contributed by atoms with Crippen molar-refractivity contribution in [3.05, 3.63) is 45.7 Å². The number of benzene rings is 1. The van der Waals surface area contributed by atoms with Crippen LogP contribution >= 0.6 is 15.9 Å². The Labute approximate surface area is 185 Å². The first-order valence-electron chi connectivity index (χ1n) is 10.2. The zero-order valence-corrected chi connectivity index (χ0v) is 18.1. The summed E-state index contributed by atoms with van der Waals surface area (Å²) in [6.07, 6.45) is -2.70. The molecule has 2 aliphatic rings. The van der Waals surface area contributed by atoms with Crippen molar-refractivity contribution >= 4 is 27.9 Å². The summed E-state index contributed by atoms with van der Waals surface area (Å²) in [4.78, 5) is 25.4. The second kappa shape index (κ2) is 8.74. The van der Waals surface area contributed by atoms with Crippen LogP contribution in [0.5, 0.6) is 0 Å². The lowest BCUT2D eigenvalue weighted by molar-refractivity contribution is -0.164. The Morgan fingerprint density at radius 1 is 1.16 bits per heavy atom. The predicted octanol–water partition coefficient (Wildman–Crippen LogP) is 4.14. The van der Waals surface area contributed by atoms with Gasteiger partial charge in [0.1, 0.15) is 0 Å². The summed E-state index contributed by atoms with van der Waals surface area (Å²) < 4.78 is 48.1. The highest BCUT2D eigenvalue weighted by molar-refractivity contribution is 9.10. The molecular weight excluding hydrogens is 479 g/mol. The van der Waals surface area contributed by atoms with Gasteiger partial charge >= 0.3 is 18.1 Å². The number of carbonyl (C=O) groups is 2. The highest BCUT2D eigenvalue weighted by Gasteiger charge is 2.44. The fraction of sp³-hybridized carbons (Fsp3) is 0.476. The standard InChI is InChI=1S/C21H21BrF3N3O3/c22-13-3-1-4-14(11-13)28-17-15(18(27-28)21(23,24)25)5-2-6-16(17)20(30)31-19(29)12-7-9-26-10-8-12/h1,3-4,11-12,16,26H,2,5-10H2. The number of hydrogen-bond acceptors (Lipinski definition) is 5. The van der Waals surface area contributed by atoms with Crippen LogP contribution in [0, 0.1) is 5.92 Å². The Morgan fingerprint density at radius 2 is 1.90 bits per heavy atom. The predicted molar refractivity (Wildman–Crippen MR) is 109 cm³/mol. The summed E-state index contributed by atoms with van der Waals surface area (Å²) >= 11 is 3.32. The van der Waals surface area contributed by atoms with E-state index in [4.69, 9.17) is 4.74 Å². The SMILES string of the molecule is O=C(OC(=O)C1CCCc2c(C(F)(F)F)nn(-c3cccc(Br)c3)c21)C1CCNCC1. The molecule has 31 heavy (non-hydrogen) atoms. The maximum Gasteiger partial charge on any atom is 0.435 e. The van der Waals surface area contributed by atoms with Gasteiger partial charge in [-0.15, -0.1) is 0 Å². The molecule has 0 saturated carbocycles. The maximum atomic E-state index is 13.7. The third kappa shape index (κ3) is 4.55. The minimum atomic E-state index is -4.65. The van der Waals surface area contributed by atoms with E-state index in [1.54, 1.807) is 24.3 Å². The van der Waals surface area contributed by atoms with Gasteiger partial charge in [0.25, 0.3) is 0 Å². The van der Waals surface area contributed by atoms with E-state index in [0.29, 0.717) is 48.9 Å². The number of esters is 2. The van der Waals surface area contributed by atoms with Gasteiger partial charge in [-0.3, -0.25) is 9.59 Å². The average molecular weight is 500 g/mol. The molecule has 0 bridgehead atoms. The summed E-state index contributed by atoms with van der Waals surface area (Å²) in [5.41, 5.74) is -0.454. The van der Waals surface area contributed by atoms with E-state index in [1.807, 2.05) is 0 Å². The molecule has 2 aromatic rings. The highest BCUT2D eigenvalue weighted by Crippen LogP contribution is 2.41. The smallest absolute Gasteiger partial charge is 0.392 e. The van der Waals surface area contributed by atoms with Gasteiger partial charge in [0.2, 0.25) is 0 Å². The van der Waals surface area contributed by atoms with Gasteiger partial charge in [0, 0.05) is 10.0 Å². The van der Waals surface area contributed by atoms with Crippen molar-refractivity contribution in [2.75, 3.05) is 13.1 Å². The minimum Gasteiger partial charge on any atom is -0.392 e. The van der Waals surface area contributed by atoms with Crippen LogP contribution in [0.15, 0.2) is 28.7 Å². The van der Waals surface area contributed by atoms with Crippen molar-refractivity contribution in [1.82, 2.24) is 15.1 Å². The summed E-state index contributed by atoms with van der Waals surface area (Å²) in [5.74, 6) is -2.79. The van der Waals surface area contributed by atoms with Crippen LogP contribution in [-0.2, 0) is 26.9 Å². The molecule has 1 N–H and O–H groups in total. The van der Waals surface area contributed by atoms with Gasteiger partial charge in [-0.05, 0) is 63.4 Å². The lowest BCUT2D eigenvalue weighted by Gasteiger charge is -2.25. The first-order chi connectivity index (χ1) is 14.8. The van der Waals surface area contributed by atoms with E-state index in [9.17, 15) is 22.8 Å². The van der Waals surface area contributed by atoms with Crippen molar-refractivity contribution in [3.8, 4) is 5.69 Å². The Morgan fingerprint density at radius 3 is 2.58 bits per heavy atom. The molecule has 10 heteroatoms. The first kappa shape index (κ1) is 22.0. The second-order valence-electron chi connectivity index (χ2n) is 7.81. The van der Waals surface area contributed by atoms with Crippen LogP contribution in [0.2, 0.25) is 0 Å². The van der Waals surface area contributed by atoms with Gasteiger partial charge in [-0.2, -0.15) is 18.3 Å². The molecule has 1 aliphatic heterocycles. The third-order valence-electron chi connectivity index (χ3n) is 5.75. The summed E-state index contributed by atoms with van der Waals surface area (Å²) in [5, 5.41) is 6.98. The number of nitrogens with one attached hydrogen (secondary N) is 1. The fourth-order valence-corrected chi connectivity index (χ4v) is 4.65. The molecule has 166 valence electrons. The molecule has 2 heterocycles. The van der Waals surface area contributed by atoms with Gasteiger partial charge < -0.3 is 10.1 Å². The van der Waals surface area contributed by atoms with E-state index >= 15 is 0 Å². The van der Waals surface area contributed by atoms with E-state index in [-0.39, 0.29) is 23.6 Å². The Kier molecular flexibility index (Phi) is 6.20. The quantitative estimate of drug-likeness (QED) is 0.507. The highest BCUT2D eigenvalue weighted by atomic mass is 79.9. The number of halogens is 4. The Bertz CT molecular complexity index is 999. The van der Waals surface area contributed by atoms with Crippen LogP contribution in [0.25, 0.3) is 5.69 Å². The van der Waals surface area contributed by atoms with Crippen LogP contribution in [0.1, 0.15) is 48.6 Å². The molecule has 0 radical (unpaired) electrons. The van der Waals surface area contributed by atoms with Gasteiger partial charge in [-0.25, -0.2) is 4.68 Å². The van der Waals surface area contributed by atoms with Crippen molar-refractivity contribution in [2.45, 2.75) is 44.2 Å². The van der Waals surface area contributed by atoms with E-state index in [0.717, 1.165) is 0 Å². The number of piperidine rings is 1. The normalized spacial score (nSPS) is 19.7. The van der Waals surface area contributed by atoms with Gasteiger partial charge in [0.05, 0.1) is 23.2 Å². The molecule has 1 fully saturated rings. The molecule has 1 aliphatic carbocycles. The van der Waals surface area contributed by atoms with Gasteiger partial charge in [0.15, 0.2) is 5.69 Å². The topological polar surface area (TPSA) is 73.2 Å². The third-order valence-corrected chi connectivity index (χ3v) is 6.25. The van der Waals surface area contributed by atoms with Crippen LogP contribution in [0.3, 0.4) is 0 Å². The number of rotatable bonds is 3. The molecule has 1 aromatic heterocycles. The summed E-state index contributed by atoms with van der Waals surface area (Å²) in [7, 11) is 0. The average Bonchev–Trinajstić information content (AvgIpc) is 3.14. The number of ether oxygens (including phenoxy) is 1. The van der Waals surface area contributed by atoms with E-state index in [2.05, 4.69) is 26.3 Å². The molecule has 1 unspecified atom stereocenters. The molecule has 0 spiro atoms. The molecule has 4 rings (SSSR count). The lowest BCUT2D eigenvalue weighted by atomic mass is 9.86. The second-order valence-corrected chi connectivity index (χ2v) is 8.73. The number of alkyl halides is 3. The fourth-order valence-electron chi connectivity index (χ4n) is 4.26. The minimum absolute atomic E-state index is 0.00464. The maximum absolute atomic E-state index is 13.7. The van der Waals surface area contributed by atoms with Crippen molar-refractivity contribution in [1.29, 1.82) is 0 Å². The van der Waals surface area contributed by atoms with E-state index in [1.165, 1.54) is 4.68 Å². The number of aromatic nitrogens is 2. The summed E-state index contributed by atoms with van der Waals surface area (Å²) in [6, 6.07) is 6.67. The molecule has 1 atom stereocenters. The Balaban J connectivity index is 1.71. The number of carbonyl (C=O) groups excluding carboxylic acids is 2. The van der Waals surface area contributed by atoms with Crippen LogP contribution < -0.4 is 5.32 Å². The monoisotopic (exact) mass is 499 g/mol. The Hall–Kier alpha value is -2.20. The lowest BCUT2D eigenvalue weighted by Crippen LogP contribution is -2.35. The van der Waals surface area contributed by atoms with Crippen LogP contribution in [0.4, 0.5) is 13.2 Å². The zero-order chi connectivity index (χ0) is 22.2. The van der Waals surface area contributed by atoms with E-state index < -0.39 is 29.7 Å². The summed E-state index contributed by atoms with van der Waals surface area (Å²) in [6.45, 7) is 1.32. The molecule has 6 nitrogen and oxygen atoms in total. The first-order valence-corrected chi connectivity index (χ1v) is 11.0. The zero-order valence-electron chi connectivity index (χ0n) is 16.5. The molecular formula is C21H21BrF3N3O3. The van der Waals surface area contributed by atoms with Gasteiger partial charge in [-0.1, -0.05) is 22.0 Å². The number of fused-ring (bicyclic) bond motifs is 1. The van der Waals surface area contributed by atoms with Crippen molar-refractivity contribution < 1.29 is 27.5 Å². The largest absolute Gasteiger partial charge is 0.435 e. The molecule has 1 aromatic carbocycles. The molecule has 0 amide bonds. The van der Waals surface area contributed by atoms with Crippen molar-refractivity contribution in [2.24, 2.45) is 5.92 Å². The van der Waals surface area contributed by atoms with Crippen molar-refractivity contribution in [3.63, 3.8) is 0 Å². The number of nitrogens with zero attached hydrogens (tertiary/aromatic N) is 2.